The Bertz CT molecular complexity index is 629. The highest BCUT2D eigenvalue weighted by Crippen LogP contribution is 2.19. The normalized spacial score (nSPS) is 23.7. The van der Waals surface area contributed by atoms with Crippen LogP contribution in [0.2, 0.25) is 0 Å². The van der Waals surface area contributed by atoms with E-state index in [1.54, 1.807) is 6.92 Å². The number of hydrogen-bond acceptors (Lipinski definition) is 5. The summed E-state index contributed by atoms with van der Waals surface area (Å²) < 4.78 is 5.34. The SMILES string of the molecule is CC(N)(C(=O)NC1CC(=O)N(CCN2CCOCC2)C1)c1ccccc1. The maximum absolute atomic E-state index is 12.7. The smallest absolute Gasteiger partial charge is 0.244 e. The molecule has 0 aliphatic carbocycles. The van der Waals surface area contributed by atoms with Gasteiger partial charge in [-0.05, 0) is 12.5 Å². The maximum Gasteiger partial charge on any atom is 0.244 e. The van der Waals surface area contributed by atoms with Crippen molar-refractivity contribution in [1.29, 1.82) is 0 Å². The van der Waals surface area contributed by atoms with Crippen molar-refractivity contribution in [2.24, 2.45) is 5.73 Å². The van der Waals surface area contributed by atoms with Gasteiger partial charge >= 0.3 is 0 Å². The Balaban J connectivity index is 1.51. The highest BCUT2D eigenvalue weighted by Gasteiger charge is 2.36. The number of rotatable bonds is 6. The third-order valence-electron chi connectivity index (χ3n) is 5.18. The molecule has 26 heavy (non-hydrogen) atoms. The van der Waals surface area contributed by atoms with E-state index in [2.05, 4.69) is 10.2 Å². The molecule has 2 aliphatic heterocycles. The minimum atomic E-state index is -1.12. The van der Waals surface area contributed by atoms with Crippen molar-refractivity contribution in [1.82, 2.24) is 15.1 Å². The molecule has 0 saturated carbocycles. The van der Waals surface area contributed by atoms with E-state index in [-0.39, 0.29) is 17.9 Å². The van der Waals surface area contributed by atoms with Crippen molar-refractivity contribution in [2.45, 2.75) is 24.9 Å². The van der Waals surface area contributed by atoms with E-state index >= 15 is 0 Å². The monoisotopic (exact) mass is 360 g/mol. The molecule has 2 unspecified atom stereocenters. The zero-order valence-electron chi connectivity index (χ0n) is 15.3. The van der Waals surface area contributed by atoms with E-state index in [0.29, 0.717) is 19.5 Å². The van der Waals surface area contributed by atoms with Gasteiger partial charge in [-0.2, -0.15) is 0 Å². The van der Waals surface area contributed by atoms with Crippen molar-refractivity contribution in [3.63, 3.8) is 0 Å². The van der Waals surface area contributed by atoms with Gasteiger partial charge in [-0.15, -0.1) is 0 Å². The van der Waals surface area contributed by atoms with Gasteiger partial charge in [0.1, 0.15) is 5.54 Å². The Morgan fingerprint density at radius 1 is 1.27 bits per heavy atom. The number of nitrogens with zero attached hydrogens (tertiary/aromatic N) is 2. The zero-order valence-corrected chi connectivity index (χ0v) is 15.3. The molecule has 2 saturated heterocycles. The molecule has 2 heterocycles. The average molecular weight is 360 g/mol. The van der Waals surface area contributed by atoms with Gasteiger partial charge in [0.05, 0.1) is 19.3 Å². The number of hydrogen-bond donors (Lipinski definition) is 2. The molecule has 1 aromatic rings. The fraction of sp³-hybridized carbons (Fsp3) is 0.579. The lowest BCUT2D eigenvalue weighted by atomic mass is 9.92. The zero-order chi connectivity index (χ0) is 18.6. The summed E-state index contributed by atoms with van der Waals surface area (Å²) in [5, 5.41) is 2.96. The summed E-state index contributed by atoms with van der Waals surface area (Å²) in [5.41, 5.74) is 5.89. The van der Waals surface area contributed by atoms with Crippen LogP contribution in [0.4, 0.5) is 0 Å². The fourth-order valence-corrected chi connectivity index (χ4v) is 3.42. The van der Waals surface area contributed by atoms with Gasteiger partial charge in [0, 0.05) is 39.1 Å². The largest absolute Gasteiger partial charge is 0.379 e. The van der Waals surface area contributed by atoms with Crippen LogP contribution in [0, 0.1) is 0 Å². The summed E-state index contributed by atoms with van der Waals surface area (Å²) in [4.78, 5) is 29.0. The van der Waals surface area contributed by atoms with Crippen LogP contribution in [0.15, 0.2) is 30.3 Å². The first kappa shape index (κ1) is 18.8. The molecule has 0 radical (unpaired) electrons. The number of nitrogens with one attached hydrogen (secondary N) is 1. The van der Waals surface area contributed by atoms with Gasteiger partial charge in [0.15, 0.2) is 0 Å². The molecule has 2 fully saturated rings. The molecule has 0 bridgehead atoms. The van der Waals surface area contributed by atoms with Crippen LogP contribution in [0.25, 0.3) is 0 Å². The highest BCUT2D eigenvalue weighted by atomic mass is 16.5. The number of likely N-dealkylation sites (tertiary alicyclic amines) is 1. The fourth-order valence-electron chi connectivity index (χ4n) is 3.42. The molecular weight excluding hydrogens is 332 g/mol. The van der Waals surface area contributed by atoms with Gasteiger partial charge in [0.25, 0.3) is 0 Å². The number of benzene rings is 1. The topological polar surface area (TPSA) is 87.9 Å². The minimum Gasteiger partial charge on any atom is -0.379 e. The standard InChI is InChI=1S/C19H28N4O3/c1-19(20,15-5-3-2-4-6-15)18(25)21-16-13-17(24)23(14-16)8-7-22-9-11-26-12-10-22/h2-6,16H,7-14,20H2,1H3,(H,21,25). The highest BCUT2D eigenvalue weighted by molar-refractivity contribution is 5.88. The summed E-state index contributed by atoms with van der Waals surface area (Å²) in [6, 6.07) is 9.10. The number of carbonyl (C=O) groups is 2. The van der Waals surface area contributed by atoms with Gasteiger partial charge in [0.2, 0.25) is 11.8 Å². The predicted octanol–water partition coefficient (Wildman–Crippen LogP) is -0.0902. The minimum absolute atomic E-state index is 0.0852. The van der Waals surface area contributed by atoms with Gasteiger partial charge < -0.3 is 20.7 Å². The second kappa shape index (κ2) is 8.16. The Morgan fingerprint density at radius 2 is 1.96 bits per heavy atom. The second-order valence-electron chi connectivity index (χ2n) is 7.24. The van der Waals surface area contributed by atoms with E-state index in [1.807, 2.05) is 35.2 Å². The van der Waals surface area contributed by atoms with Crippen LogP contribution < -0.4 is 11.1 Å². The van der Waals surface area contributed by atoms with Crippen LogP contribution in [-0.4, -0.2) is 73.6 Å². The quantitative estimate of drug-likeness (QED) is 0.740. The molecule has 3 N–H and O–H groups in total. The van der Waals surface area contributed by atoms with E-state index in [4.69, 9.17) is 10.5 Å². The van der Waals surface area contributed by atoms with E-state index in [0.717, 1.165) is 38.4 Å². The van der Waals surface area contributed by atoms with Crippen molar-refractivity contribution in [3.05, 3.63) is 35.9 Å². The Labute approximate surface area is 154 Å². The average Bonchev–Trinajstić information content (AvgIpc) is 3.00. The lowest BCUT2D eigenvalue weighted by molar-refractivity contribution is -0.128. The summed E-state index contributed by atoms with van der Waals surface area (Å²) in [6.07, 6.45) is 0.333. The number of nitrogens with two attached hydrogens (primary N) is 1. The maximum atomic E-state index is 12.7. The predicted molar refractivity (Wildman–Crippen MR) is 98.4 cm³/mol. The first-order chi connectivity index (χ1) is 12.5. The van der Waals surface area contributed by atoms with Gasteiger partial charge in [-0.25, -0.2) is 0 Å². The summed E-state index contributed by atoms with van der Waals surface area (Å²) >= 11 is 0. The Kier molecular flexibility index (Phi) is 5.90. The van der Waals surface area contributed by atoms with Crippen molar-refractivity contribution < 1.29 is 14.3 Å². The molecule has 2 aliphatic rings. The van der Waals surface area contributed by atoms with Crippen LogP contribution in [0.3, 0.4) is 0 Å². The molecule has 0 aromatic heterocycles. The molecule has 2 atom stereocenters. The van der Waals surface area contributed by atoms with Crippen LogP contribution in [-0.2, 0) is 19.9 Å². The van der Waals surface area contributed by atoms with Gasteiger partial charge in [-0.1, -0.05) is 30.3 Å². The van der Waals surface area contributed by atoms with E-state index < -0.39 is 5.54 Å². The van der Waals surface area contributed by atoms with Crippen LogP contribution >= 0.6 is 0 Å². The summed E-state index contributed by atoms with van der Waals surface area (Å²) in [6.45, 7) is 7.08. The molecule has 1 aromatic carbocycles. The van der Waals surface area contributed by atoms with E-state index in [9.17, 15) is 9.59 Å². The second-order valence-corrected chi connectivity index (χ2v) is 7.24. The lowest BCUT2D eigenvalue weighted by Gasteiger charge is -2.29. The first-order valence-corrected chi connectivity index (χ1v) is 9.20. The van der Waals surface area contributed by atoms with Crippen LogP contribution in [0.1, 0.15) is 18.9 Å². The molecule has 7 nitrogen and oxygen atoms in total. The lowest BCUT2D eigenvalue weighted by Crippen LogP contribution is -2.52. The molecular formula is C19H28N4O3. The number of amides is 2. The molecule has 2 amide bonds. The first-order valence-electron chi connectivity index (χ1n) is 9.20. The third-order valence-corrected chi connectivity index (χ3v) is 5.18. The molecule has 7 heteroatoms. The van der Waals surface area contributed by atoms with Crippen LogP contribution in [0.5, 0.6) is 0 Å². The molecule has 3 rings (SSSR count). The summed E-state index contributed by atoms with van der Waals surface area (Å²) in [7, 11) is 0. The third kappa shape index (κ3) is 4.41. The summed E-state index contributed by atoms with van der Waals surface area (Å²) in [5.74, 6) is -0.168. The molecule has 142 valence electrons. The van der Waals surface area contributed by atoms with Crippen molar-refractivity contribution >= 4 is 11.8 Å². The Morgan fingerprint density at radius 3 is 2.65 bits per heavy atom. The number of morpholine rings is 1. The van der Waals surface area contributed by atoms with Crippen molar-refractivity contribution in [3.8, 4) is 0 Å². The number of ether oxygens (including phenoxy) is 1. The molecule has 0 spiro atoms. The Hall–Kier alpha value is -1.96. The van der Waals surface area contributed by atoms with Gasteiger partial charge in [-0.3, -0.25) is 14.5 Å². The van der Waals surface area contributed by atoms with E-state index in [1.165, 1.54) is 0 Å². The van der Waals surface area contributed by atoms with Crippen molar-refractivity contribution in [2.75, 3.05) is 45.9 Å². The number of carbonyl (C=O) groups excluding carboxylic acids is 2.